The number of rotatable bonds is 15. The van der Waals surface area contributed by atoms with Gasteiger partial charge in [-0.25, -0.2) is 34.1 Å². The van der Waals surface area contributed by atoms with Gasteiger partial charge in [0.25, 0.3) is 0 Å². The number of carbonyl (C=O) groups excluding carboxylic acids is 4. The second kappa shape index (κ2) is 16.6. The second-order valence-corrected chi connectivity index (χ2v) is 15.7. The van der Waals surface area contributed by atoms with Gasteiger partial charge in [-0.05, 0) is 36.3 Å². The normalized spacial score (nSPS) is 29.7. The molecule has 5 aliphatic heterocycles. The van der Waals surface area contributed by atoms with Gasteiger partial charge in [0.1, 0.15) is 18.1 Å². The van der Waals surface area contributed by atoms with Crippen molar-refractivity contribution in [3.63, 3.8) is 0 Å². The van der Waals surface area contributed by atoms with Gasteiger partial charge in [-0.15, -0.1) is 0 Å². The van der Waals surface area contributed by atoms with E-state index >= 15 is 0 Å². The van der Waals surface area contributed by atoms with Crippen molar-refractivity contribution in [3.05, 3.63) is 16.8 Å². The Labute approximate surface area is 315 Å². The van der Waals surface area contributed by atoms with Gasteiger partial charge in [0, 0.05) is 39.8 Å². The van der Waals surface area contributed by atoms with E-state index in [1.807, 2.05) is 0 Å². The average molecular weight is 787 g/mol. The molecule has 2 aromatic heterocycles. The minimum Gasteiger partial charge on any atom is -0.393 e. The molecule has 2 aromatic rings. The fraction of sp³-hybridized carbons (Fsp3) is 0.633. The van der Waals surface area contributed by atoms with Crippen molar-refractivity contribution >= 4 is 81.9 Å². The van der Waals surface area contributed by atoms with E-state index < -0.39 is 30.9 Å². The monoisotopic (exact) mass is 786 g/mol. The SMILES string of the molecule is [N-]=[N+]=Nc1nc2c(N)ncnc2n1[C@@H]1O[C@H](CO)C(=N\OC(=O)CCCC[C@@H]2SC[C@@H]3NC(=O)N[C@@H]32)/C1=N\OC(=O)CCCC[C@@H]1SC[C@@H]2NC(=O)N[C@@H]21. The van der Waals surface area contributed by atoms with E-state index in [2.05, 4.69) is 56.6 Å². The Morgan fingerprint density at radius 3 is 2.11 bits per heavy atom. The molecule has 5 saturated heterocycles. The van der Waals surface area contributed by atoms with Crippen LogP contribution in [0.1, 0.15) is 57.6 Å². The third kappa shape index (κ3) is 7.97. The second-order valence-electron chi connectivity index (χ2n) is 13.2. The minimum absolute atomic E-state index is 0.0216. The first-order valence-electron chi connectivity index (χ1n) is 17.5. The molecule has 7 rings (SSSR count). The fourth-order valence-electron chi connectivity index (χ4n) is 7.13. The number of ether oxygens (including phenoxy) is 1. The van der Waals surface area contributed by atoms with E-state index in [1.165, 1.54) is 4.57 Å². The van der Waals surface area contributed by atoms with Gasteiger partial charge in [-0.1, -0.05) is 23.2 Å². The zero-order valence-electron chi connectivity index (χ0n) is 28.7. The molecule has 288 valence electrons. The summed E-state index contributed by atoms with van der Waals surface area (Å²) in [6.07, 6.45) is 2.62. The van der Waals surface area contributed by atoms with Crippen LogP contribution in [0.5, 0.6) is 0 Å². The largest absolute Gasteiger partial charge is 0.393 e. The number of nitrogens with zero attached hydrogens (tertiary/aromatic N) is 9. The topological polar surface area (TPSA) is 307 Å². The van der Waals surface area contributed by atoms with E-state index in [0.29, 0.717) is 25.7 Å². The summed E-state index contributed by atoms with van der Waals surface area (Å²) in [5.41, 5.74) is 15.1. The maximum Gasteiger partial charge on any atom is 0.335 e. The Morgan fingerprint density at radius 2 is 1.54 bits per heavy atom. The fourth-order valence-corrected chi connectivity index (χ4v) is 10.2. The first kappa shape index (κ1) is 37.4. The van der Waals surface area contributed by atoms with E-state index in [0.717, 1.165) is 30.7 Å². The van der Waals surface area contributed by atoms with Crippen molar-refractivity contribution in [1.82, 2.24) is 40.8 Å². The summed E-state index contributed by atoms with van der Waals surface area (Å²) < 4.78 is 7.27. The number of aliphatic hydroxyl groups is 1. The highest BCUT2D eigenvalue weighted by molar-refractivity contribution is 8.00. The van der Waals surface area contributed by atoms with Crippen LogP contribution in [-0.4, -0.2) is 119 Å². The molecule has 4 amide bonds. The summed E-state index contributed by atoms with van der Waals surface area (Å²) in [5, 5.41) is 34.2. The Morgan fingerprint density at radius 1 is 0.944 bits per heavy atom. The molecule has 24 heteroatoms. The number of hydrogen-bond donors (Lipinski definition) is 6. The minimum atomic E-state index is -1.38. The Bertz CT molecular complexity index is 1910. The lowest BCUT2D eigenvalue weighted by Gasteiger charge is -2.16. The number of nitrogens with one attached hydrogen (secondary N) is 4. The molecule has 0 unspecified atom stereocenters. The van der Waals surface area contributed by atoms with Crippen molar-refractivity contribution in [3.8, 4) is 0 Å². The number of imidazole rings is 1. The number of aliphatic hydroxyl groups excluding tert-OH is 1. The van der Waals surface area contributed by atoms with Crippen molar-refractivity contribution in [2.45, 2.75) is 98.4 Å². The van der Waals surface area contributed by atoms with E-state index in [9.17, 15) is 29.8 Å². The lowest BCUT2D eigenvalue weighted by molar-refractivity contribution is -0.144. The van der Waals surface area contributed by atoms with Gasteiger partial charge in [0.2, 0.25) is 5.95 Å². The third-order valence-electron chi connectivity index (χ3n) is 9.72. The van der Waals surface area contributed by atoms with Gasteiger partial charge in [-0.2, -0.15) is 23.5 Å². The molecule has 7 N–H and O–H groups in total. The molecule has 22 nitrogen and oxygen atoms in total. The quantitative estimate of drug-likeness (QED) is 0.0284. The number of urea groups is 2. The molecule has 0 radical (unpaired) electrons. The molecule has 7 heterocycles. The van der Waals surface area contributed by atoms with Crippen LogP contribution >= 0.6 is 23.5 Å². The Hall–Kier alpha value is -4.90. The number of nitrogen functional groups attached to an aromatic ring is 1. The molecule has 0 spiro atoms. The van der Waals surface area contributed by atoms with Crippen LogP contribution in [-0.2, 0) is 24.0 Å². The number of amides is 4. The van der Waals surface area contributed by atoms with Crippen LogP contribution in [0.15, 0.2) is 21.8 Å². The number of aromatic nitrogens is 4. The number of nitrogens with two attached hydrogens (primary N) is 1. The number of thioether (sulfide) groups is 2. The number of oxime groups is 2. The number of carbonyl (C=O) groups is 4. The van der Waals surface area contributed by atoms with Crippen molar-refractivity contribution in [2.75, 3.05) is 23.8 Å². The number of anilines is 1. The van der Waals surface area contributed by atoms with Gasteiger partial charge >= 0.3 is 24.0 Å². The number of hydrogen-bond acceptors (Lipinski definition) is 17. The lowest BCUT2D eigenvalue weighted by atomic mass is 10.0. The number of azide groups is 1. The lowest BCUT2D eigenvalue weighted by Crippen LogP contribution is -2.36. The molecule has 0 saturated carbocycles. The number of fused-ring (bicyclic) bond motifs is 3. The summed E-state index contributed by atoms with van der Waals surface area (Å²) in [7, 11) is 0. The smallest absolute Gasteiger partial charge is 0.335 e. The van der Waals surface area contributed by atoms with Crippen molar-refractivity contribution < 1.29 is 38.7 Å². The van der Waals surface area contributed by atoms with E-state index in [1.54, 1.807) is 23.5 Å². The van der Waals surface area contributed by atoms with Crippen LogP contribution in [0.4, 0.5) is 21.4 Å². The van der Waals surface area contributed by atoms with Crippen LogP contribution in [0.25, 0.3) is 21.6 Å². The summed E-state index contributed by atoms with van der Waals surface area (Å²) in [4.78, 5) is 74.8. The first-order chi connectivity index (χ1) is 26.2. The van der Waals surface area contributed by atoms with Crippen LogP contribution < -0.4 is 27.0 Å². The van der Waals surface area contributed by atoms with Gasteiger partial charge in [0.15, 0.2) is 28.9 Å². The summed E-state index contributed by atoms with van der Waals surface area (Å²) in [6, 6.07) is 0.0144. The molecule has 5 fully saturated rings. The molecule has 5 aliphatic rings. The number of unbranched alkanes of at least 4 members (excludes halogenated alkanes) is 2. The molecular weight excluding hydrogens is 749 g/mol. The van der Waals surface area contributed by atoms with Crippen LogP contribution in [0.2, 0.25) is 0 Å². The Kier molecular flexibility index (Phi) is 11.5. The molecule has 0 bridgehead atoms. The maximum atomic E-state index is 12.9. The third-order valence-corrected chi connectivity index (χ3v) is 12.7. The Balaban J connectivity index is 1.03. The van der Waals surface area contributed by atoms with Crippen LogP contribution in [0, 0.1) is 0 Å². The van der Waals surface area contributed by atoms with Gasteiger partial charge < -0.3 is 46.5 Å². The maximum absolute atomic E-state index is 12.9. The highest BCUT2D eigenvalue weighted by atomic mass is 32.2. The van der Waals surface area contributed by atoms with Gasteiger partial charge in [-0.3, -0.25) is 4.57 Å². The average Bonchev–Trinajstić information content (AvgIpc) is 3.99. The predicted octanol–water partition coefficient (Wildman–Crippen LogP) is 1.49. The predicted molar refractivity (Wildman–Crippen MR) is 195 cm³/mol. The summed E-state index contributed by atoms with van der Waals surface area (Å²) >= 11 is 3.57. The summed E-state index contributed by atoms with van der Waals surface area (Å²) in [5.74, 6) is 0.0647. The first-order valence-corrected chi connectivity index (χ1v) is 19.6. The molecule has 54 heavy (non-hydrogen) atoms. The zero-order chi connectivity index (χ0) is 37.8. The van der Waals surface area contributed by atoms with E-state index in [-0.39, 0.29) is 93.9 Å². The highest BCUT2D eigenvalue weighted by Gasteiger charge is 2.45. The molecular formula is C30H38N14O8S2. The standard InChI is InChI=1S/C30H38N14O8S2/c31-25-24-26(34-12-33-25)44(28(37-24)40-43-32)27-23(42-52-19(47)8-4-2-6-17-21-14(11-54-17)36-30(49)39-21)22(15(9-45)50-27)41-51-18(46)7-3-1-5-16-20-13(10-53-16)35-29(48)38-20/h12-17,20-21,27,45H,1-11H2,(H2,31,33,34)(H2,35,38,48)(H2,36,39,49)/b41-22+,42-23+/t13-,14-,15+,16-,17-,20-,21-,27+/m0/s1. The van der Waals surface area contributed by atoms with Crippen molar-refractivity contribution in [1.29, 1.82) is 0 Å². The molecule has 8 atom stereocenters. The van der Waals surface area contributed by atoms with Gasteiger partial charge in [0.05, 0.1) is 30.8 Å². The van der Waals surface area contributed by atoms with Crippen LogP contribution in [0.3, 0.4) is 0 Å². The molecule has 0 aromatic carbocycles. The van der Waals surface area contributed by atoms with E-state index in [4.69, 9.17) is 20.1 Å². The zero-order valence-corrected chi connectivity index (χ0v) is 30.3. The molecule has 0 aliphatic carbocycles. The van der Waals surface area contributed by atoms with Crippen molar-refractivity contribution in [2.24, 2.45) is 15.4 Å². The summed E-state index contributed by atoms with van der Waals surface area (Å²) in [6.45, 7) is -0.649. The highest BCUT2D eigenvalue weighted by Crippen LogP contribution is 2.36.